The Labute approximate surface area is 127 Å². The van der Waals surface area contributed by atoms with Crippen LogP contribution in [0.1, 0.15) is 57.2 Å². The zero-order chi connectivity index (χ0) is 14.0. The topological polar surface area (TPSA) is 26.0 Å². The van der Waals surface area contributed by atoms with Crippen LogP contribution in [0.2, 0.25) is 0 Å². The Hall–Kier alpha value is -0.340. The van der Waals surface area contributed by atoms with Gasteiger partial charge in [-0.3, -0.25) is 0 Å². The number of nitrogens with two attached hydrogens (primary N) is 1. The number of hydrogen-bond acceptors (Lipinski definition) is 2. The van der Waals surface area contributed by atoms with E-state index in [-0.39, 0.29) is 0 Å². The van der Waals surface area contributed by atoms with Gasteiger partial charge in [-0.15, -0.1) is 11.3 Å². The summed E-state index contributed by atoms with van der Waals surface area (Å²) in [6.07, 6.45) is 9.66. The van der Waals surface area contributed by atoms with Crippen LogP contribution in [0.4, 0.5) is 0 Å². The lowest BCUT2D eigenvalue weighted by Gasteiger charge is -2.67. The van der Waals surface area contributed by atoms with Crippen molar-refractivity contribution in [3.8, 4) is 0 Å². The average molecular weight is 289 g/mol. The molecule has 4 saturated carbocycles. The highest BCUT2D eigenvalue weighted by molar-refractivity contribution is 7.09. The summed E-state index contributed by atoms with van der Waals surface area (Å²) >= 11 is 1.87. The molecule has 0 amide bonds. The molecule has 20 heavy (non-hydrogen) atoms. The van der Waals surface area contributed by atoms with Crippen molar-refractivity contribution in [2.45, 2.75) is 64.8 Å². The molecule has 4 fully saturated rings. The molecule has 0 aromatic carbocycles. The summed E-state index contributed by atoms with van der Waals surface area (Å²) in [6, 6.07) is 4.78. The smallest absolute Gasteiger partial charge is 0.0145 e. The minimum absolute atomic E-state index is 0.364. The fraction of sp³-hybridized carbons (Fsp3) is 0.778. The lowest BCUT2D eigenvalue weighted by atomic mass is 9.39. The van der Waals surface area contributed by atoms with Gasteiger partial charge >= 0.3 is 0 Å². The van der Waals surface area contributed by atoms with Gasteiger partial charge < -0.3 is 5.73 Å². The summed E-state index contributed by atoms with van der Waals surface area (Å²) in [7, 11) is 0. The van der Waals surface area contributed by atoms with E-state index in [1.54, 1.807) is 0 Å². The first-order valence-corrected chi connectivity index (χ1v) is 9.07. The third-order valence-corrected chi connectivity index (χ3v) is 7.36. The molecular weight excluding hydrogens is 262 g/mol. The predicted molar refractivity (Wildman–Crippen MR) is 85.8 cm³/mol. The van der Waals surface area contributed by atoms with E-state index in [0.29, 0.717) is 22.3 Å². The molecule has 1 heterocycles. The largest absolute Gasteiger partial charge is 0.327 e. The predicted octanol–water partition coefficient (Wildman–Crippen LogP) is 4.61. The van der Waals surface area contributed by atoms with E-state index in [1.807, 2.05) is 11.3 Å². The van der Waals surface area contributed by atoms with Gasteiger partial charge in [-0.25, -0.2) is 0 Å². The molecule has 3 atom stereocenters. The molecule has 0 radical (unpaired) electrons. The van der Waals surface area contributed by atoms with Crippen molar-refractivity contribution in [2.75, 3.05) is 0 Å². The zero-order valence-electron chi connectivity index (χ0n) is 12.8. The van der Waals surface area contributed by atoms with Crippen LogP contribution in [0.5, 0.6) is 0 Å². The monoisotopic (exact) mass is 289 g/mol. The molecule has 2 heteroatoms. The molecule has 3 unspecified atom stereocenters. The van der Waals surface area contributed by atoms with Crippen LogP contribution in [0.15, 0.2) is 17.5 Å². The maximum Gasteiger partial charge on any atom is 0.0145 e. The van der Waals surface area contributed by atoms with E-state index in [9.17, 15) is 0 Å². The maximum absolute atomic E-state index is 6.79. The Bertz CT molecular complexity index is 487. The highest BCUT2D eigenvalue weighted by atomic mass is 32.1. The number of hydrogen-bond donors (Lipinski definition) is 1. The molecule has 0 saturated heterocycles. The minimum atomic E-state index is 0.364. The summed E-state index contributed by atoms with van der Waals surface area (Å²) in [5.41, 5.74) is 8.39. The van der Waals surface area contributed by atoms with Gasteiger partial charge in [0.05, 0.1) is 0 Å². The van der Waals surface area contributed by atoms with E-state index in [4.69, 9.17) is 5.73 Å². The molecule has 110 valence electrons. The molecule has 4 aliphatic carbocycles. The molecule has 0 spiro atoms. The fourth-order valence-corrected chi connectivity index (χ4v) is 7.58. The van der Waals surface area contributed by atoms with Crippen molar-refractivity contribution in [3.05, 3.63) is 22.4 Å². The van der Waals surface area contributed by atoms with Crippen LogP contribution in [0.25, 0.3) is 0 Å². The first-order chi connectivity index (χ1) is 9.41. The second-order valence-corrected chi connectivity index (χ2v) is 9.91. The standard InChI is InChI=1S/C18H27NS/c1-16-7-13-8-17(2,10-16)12-18(9-13,11-16)15(19)6-14-4-3-5-20-14/h3-5,13,15H,6-12,19H2,1-2H3. The maximum atomic E-state index is 6.79. The van der Waals surface area contributed by atoms with Crippen LogP contribution in [0.3, 0.4) is 0 Å². The Balaban J connectivity index is 1.63. The molecule has 2 N–H and O–H groups in total. The quantitative estimate of drug-likeness (QED) is 0.863. The SMILES string of the molecule is CC12CC3CC(C)(C1)CC(C(N)Cc1cccs1)(C3)C2. The van der Waals surface area contributed by atoms with Crippen molar-refractivity contribution >= 4 is 11.3 Å². The van der Waals surface area contributed by atoms with Crippen molar-refractivity contribution in [3.63, 3.8) is 0 Å². The van der Waals surface area contributed by atoms with Crippen molar-refractivity contribution in [2.24, 2.45) is 27.9 Å². The second kappa shape index (κ2) is 4.10. The molecule has 1 nitrogen and oxygen atoms in total. The van der Waals surface area contributed by atoms with E-state index >= 15 is 0 Å². The van der Waals surface area contributed by atoms with Crippen LogP contribution in [-0.2, 0) is 6.42 Å². The average Bonchev–Trinajstić information content (AvgIpc) is 2.76. The van der Waals surface area contributed by atoms with Crippen molar-refractivity contribution in [1.82, 2.24) is 0 Å². The molecule has 1 aromatic heterocycles. The Kier molecular flexibility index (Phi) is 2.74. The van der Waals surface area contributed by atoms with Crippen molar-refractivity contribution < 1.29 is 0 Å². The Morgan fingerprint density at radius 3 is 2.45 bits per heavy atom. The summed E-state index contributed by atoms with van der Waals surface area (Å²) < 4.78 is 0. The van der Waals surface area contributed by atoms with Crippen molar-refractivity contribution in [1.29, 1.82) is 0 Å². The van der Waals surface area contributed by atoms with E-state index in [2.05, 4.69) is 31.4 Å². The molecule has 4 bridgehead atoms. The lowest BCUT2D eigenvalue weighted by Crippen LogP contribution is -2.61. The minimum Gasteiger partial charge on any atom is -0.327 e. The van der Waals surface area contributed by atoms with E-state index < -0.39 is 0 Å². The summed E-state index contributed by atoms with van der Waals surface area (Å²) in [5, 5.41) is 2.18. The first-order valence-electron chi connectivity index (χ1n) is 8.19. The van der Waals surface area contributed by atoms with Gasteiger partial charge in [0.25, 0.3) is 0 Å². The number of thiophene rings is 1. The van der Waals surface area contributed by atoms with Crippen LogP contribution in [0, 0.1) is 22.2 Å². The normalized spacial score (nSPS) is 47.6. The summed E-state index contributed by atoms with van der Waals surface area (Å²) in [6.45, 7) is 5.09. The van der Waals surface area contributed by atoms with Gasteiger partial charge in [0, 0.05) is 10.9 Å². The van der Waals surface area contributed by atoms with E-state index in [1.165, 1.54) is 43.4 Å². The van der Waals surface area contributed by atoms with E-state index in [0.717, 1.165) is 12.3 Å². The molecule has 5 rings (SSSR count). The van der Waals surface area contributed by atoms with Crippen LogP contribution < -0.4 is 5.73 Å². The van der Waals surface area contributed by atoms with Gasteiger partial charge in [0.1, 0.15) is 0 Å². The van der Waals surface area contributed by atoms with Crippen LogP contribution in [-0.4, -0.2) is 6.04 Å². The Morgan fingerprint density at radius 1 is 1.20 bits per heavy atom. The molecular formula is C18H27NS. The first kappa shape index (κ1) is 13.3. The molecule has 0 aliphatic heterocycles. The summed E-state index contributed by atoms with van der Waals surface area (Å²) in [4.78, 5) is 1.48. The van der Waals surface area contributed by atoms with Gasteiger partial charge in [-0.1, -0.05) is 19.9 Å². The fourth-order valence-electron chi connectivity index (χ4n) is 6.81. The van der Waals surface area contributed by atoms with Gasteiger partial charge in [0.2, 0.25) is 0 Å². The molecule has 1 aromatic rings. The van der Waals surface area contributed by atoms with Gasteiger partial charge in [-0.2, -0.15) is 0 Å². The van der Waals surface area contributed by atoms with Gasteiger partial charge in [-0.05, 0) is 78.6 Å². The van der Waals surface area contributed by atoms with Crippen LogP contribution >= 0.6 is 11.3 Å². The third kappa shape index (κ3) is 1.99. The molecule has 4 aliphatic rings. The lowest BCUT2D eigenvalue weighted by molar-refractivity contribution is -0.153. The Morgan fingerprint density at radius 2 is 1.90 bits per heavy atom. The second-order valence-electron chi connectivity index (χ2n) is 8.88. The summed E-state index contributed by atoms with van der Waals surface area (Å²) in [5.74, 6) is 0.954. The highest BCUT2D eigenvalue weighted by Crippen LogP contribution is 2.70. The zero-order valence-corrected chi connectivity index (χ0v) is 13.6. The third-order valence-electron chi connectivity index (χ3n) is 6.46. The van der Waals surface area contributed by atoms with Gasteiger partial charge in [0.15, 0.2) is 0 Å². The number of rotatable bonds is 3. The highest BCUT2D eigenvalue weighted by Gasteiger charge is 2.61.